The first-order valence-electron chi connectivity index (χ1n) is 8.92. The molecule has 0 bridgehead atoms. The van der Waals surface area contributed by atoms with Crippen LogP contribution in [0, 0.1) is 6.92 Å². The Morgan fingerprint density at radius 2 is 2.04 bits per heavy atom. The summed E-state index contributed by atoms with van der Waals surface area (Å²) in [6.45, 7) is 3.06. The van der Waals surface area contributed by atoms with E-state index in [0.717, 1.165) is 17.0 Å². The predicted molar refractivity (Wildman–Crippen MR) is 97.6 cm³/mol. The van der Waals surface area contributed by atoms with Gasteiger partial charge in [-0.2, -0.15) is 0 Å². The van der Waals surface area contributed by atoms with E-state index in [2.05, 4.69) is 15.4 Å². The van der Waals surface area contributed by atoms with Crippen molar-refractivity contribution in [1.29, 1.82) is 0 Å². The fraction of sp³-hybridized carbons (Fsp3) is 0.421. The Morgan fingerprint density at radius 1 is 1.22 bits per heavy atom. The second-order valence-corrected chi connectivity index (χ2v) is 6.90. The van der Waals surface area contributed by atoms with E-state index in [1.165, 1.54) is 0 Å². The first kappa shape index (κ1) is 17.5. The SMILES string of the molecule is COc1cccc(-c2cc(CC3(O)CCN(c4nnc(C)o4)CC3)on2)c1. The smallest absolute Gasteiger partial charge is 0.318 e. The van der Waals surface area contributed by atoms with Gasteiger partial charge in [-0.1, -0.05) is 22.4 Å². The van der Waals surface area contributed by atoms with Gasteiger partial charge in [0.05, 0.1) is 12.7 Å². The summed E-state index contributed by atoms with van der Waals surface area (Å²) in [5, 5.41) is 23.0. The van der Waals surface area contributed by atoms with Crippen LogP contribution in [-0.4, -0.2) is 46.3 Å². The van der Waals surface area contributed by atoms with Crippen LogP contribution in [0.4, 0.5) is 6.01 Å². The number of anilines is 1. The lowest BCUT2D eigenvalue weighted by atomic mass is 9.87. The molecule has 0 amide bonds. The van der Waals surface area contributed by atoms with E-state index in [4.69, 9.17) is 13.7 Å². The maximum atomic E-state index is 11.0. The number of ether oxygens (including phenoxy) is 1. The van der Waals surface area contributed by atoms with Crippen LogP contribution in [-0.2, 0) is 6.42 Å². The maximum absolute atomic E-state index is 11.0. The molecule has 8 nitrogen and oxygen atoms in total. The second-order valence-electron chi connectivity index (χ2n) is 6.90. The number of nitrogens with zero attached hydrogens (tertiary/aromatic N) is 4. The summed E-state index contributed by atoms with van der Waals surface area (Å²) in [7, 11) is 1.63. The molecule has 142 valence electrons. The van der Waals surface area contributed by atoms with Crippen LogP contribution in [0.5, 0.6) is 5.75 Å². The van der Waals surface area contributed by atoms with Crippen molar-refractivity contribution >= 4 is 6.01 Å². The standard InChI is InChI=1S/C19H22N4O4/c1-13-20-21-18(26-13)23-8-6-19(24,7-9-23)12-16-11-17(22-27-16)14-4-3-5-15(10-14)25-2/h3-5,10-11,24H,6-9,12H2,1-2H3. The Hall–Kier alpha value is -2.87. The minimum Gasteiger partial charge on any atom is -0.497 e. The van der Waals surface area contributed by atoms with Crippen LogP contribution in [0.3, 0.4) is 0 Å². The number of benzene rings is 1. The predicted octanol–water partition coefficient (Wildman–Crippen LogP) is 2.62. The summed E-state index contributed by atoms with van der Waals surface area (Å²) in [4.78, 5) is 2.00. The van der Waals surface area contributed by atoms with Gasteiger partial charge in [-0.05, 0) is 25.0 Å². The Kier molecular flexibility index (Phi) is 4.57. The van der Waals surface area contributed by atoms with E-state index in [1.807, 2.05) is 35.2 Å². The molecular formula is C19H22N4O4. The van der Waals surface area contributed by atoms with Gasteiger partial charge >= 0.3 is 6.01 Å². The van der Waals surface area contributed by atoms with Gasteiger partial charge in [0.15, 0.2) is 0 Å². The summed E-state index contributed by atoms with van der Waals surface area (Å²) in [6.07, 6.45) is 1.59. The molecule has 0 aliphatic carbocycles. The summed E-state index contributed by atoms with van der Waals surface area (Å²) in [5.74, 6) is 1.97. The number of aliphatic hydroxyl groups is 1. The van der Waals surface area contributed by atoms with Crippen molar-refractivity contribution in [1.82, 2.24) is 15.4 Å². The third kappa shape index (κ3) is 3.80. The fourth-order valence-electron chi connectivity index (χ4n) is 3.34. The number of aryl methyl sites for hydroxylation is 1. The number of methoxy groups -OCH3 is 1. The number of piperidine rings is 1. The van der Waals surface area contributed by atoms with Gasteiger partial charge in [0, 0.05) is 38.1 Å². The summed E-state index contributed by atoms with van der Waals surface area (Å²) in [6, 6.07) is 10.0. The van der Waals surface area contributed by atoms with Crippen LogP contribution < -0.4 is 9.64 Å². The third-order valence-electron chi connectivity index (χ3n) is 4.91. The van der Waals surface area contributed by atoms with Gasteiger partial charge in [-0.25, -0.2) is 0 Å². The Morgan fingerprint density at radius 3 is 2.74 bits per heavy atom. The van der Waals surface area contributed by atoms with Gasteiger partial charge in [0.25, 0.3) is 0 Å². The first-order chi connectivity index (χ1) is 13.0. The largest absolute Gasteiger partial charge is 0.497 e. The van der Waals surface area contributed by atoms with Gasteiger partial charge in [-0.15, -0.1) is 5.10 Å². The molecule has 1 fully saturated rings. The van der Waals surface area contributed by atoms with E-state index < -0.39 is 5.60 Å². The van der Waals surface area contributed by atoms with Crippen LogP contribution >= 0.6 is 0 Å². The molecule has 0 saturated carbocycles. The van der Waals surface area contributed by atoms with Gasteiger partial charge in [-0.3, -0.25) is 0 Å². The molecule has 0 atom stereocenters. The number of rotatable bonds is 5. The highest BCUT2D eigenvalue weighted by Gasteiger charge is 2.35. The molecule has 1 aliphatic heterocycles. The topological polar surface area (TPSA) is 97.7 Å². The second kappa shape index (κ2) is 7.03. The van der Waals surface area contributed by atoms with Crippen molar-refractivity contribution in [2.24, 2.45) is 0 Å². The summed E-state index contributed by atoms with van der Waals surface area (Å²) in [5.41, 5.74) is 0.806. The van der Waals surface area contributed by atoms with Crippen molar-refractivity contribution in [3.63, 3.8) is 0 Å². The van der Waals surface area contributed by atoms with Crippen molar-refractivity contribution in [3.05, 3.63) is 42.0 Å². The van der Waals surface area contributed by atoms with Crippen molar-refractivity contribution in [2.75, 3.05) is 25.1 Å². The van der Waals surface area contributed by atoms with Crippen molar-refractivity contribution in [3.8, 4) is 17.0 Å². The van der Waals surface area contributed by atoms with Crippen LogP contribution in [0.15, 0.2) is 39.3 Å². The zero-order chi connectivity index (χ0) is 18.9. The lowest BCUT2D eigenvalue weighted by molar-refractivity contribution is 0.0102. The zero-order valence-corrected chi connectivity index (χ0v) is 15.4. The van der Waals surface area contributed by atoms with Gasteiger partial charge in [0.2, 0.25) is 5.89 Å². The normalized spacial score (nSPS) is 16.5. The highest BCUT2D eigenvalue weighted by atomic mass is 16.5. The molecule has 2 aromatic heterocycles. The van der Waals surface area contributed by atoms with E-state index >= 15 is 0 Å². The molecule has 1 aromatic carbocycles. The first-order valence-corrected chi connectivity index (χ1v) is 8.92. The van der Waals surface area contributed by atoms with E-state index in [-0.39, 0.29) is 0 Å². The molecule has 0 unspecified atom stereocenters. The summed E-state index contributed by atoms with van der Waals surface area (Å²) >= 11 is 0. The average molecular weight is 370 g/mol. The molecule has 1 N–H and O–H groups in total. The zero-order valence-electron chi connectivity index (χ0n) is 15.4. The van der Waals surface area contributed by atoms with Crippen molar-refractivity contribution in [2.45, 2.75) is 31.8 Å². The van der Waals surface area contributed by atoms with Crippen molar-refractivity contribution < 1.29 is 18.8 Å². The highest BCUT2D eigenvalue weighted by molar-refractivity contribution is 5.60. The molecule has 8 heteroatoms. The van der Waals surface area contributed by atoms with Crippen LogP contribution in [0.2, 0.25) is 0 Å². The number of hydrogen-bond acceptors (Lipinski definition) is 8. The Balaban J connectivity index is 1.41. The van der Waals surface area contributed by atoms with Gasteiger partial charge < -0.3 is 23.7 Å². The van der Waals surface area contributed by atoms with E-state index in [1.54, 1.807) is 14.0 Å². The van der Waals surface area contributed by atoms with Crippen LogP contribution in [0.1, 0.15) is 24.5 Å². The number of aromatic nitrogens is 3. The van der Waals surface area contributed by atoms with E-state index in [0.29, 0.717) is 50.0 Å². The Bertz CT molecular complexity index is 912. The lowest BCUT2D eigenvalue weighted by Crippen LogP contribution is -2.45. The molecule has 4 rings (SSSR count). The molecule has 1 aliphatic rings. The quantitative estimate of drug-likeness (QED) is 0.732. The minimum atomic E-state index is -0.837. The molecular weight excluding hydrogens is 348 g/mol. The molecule has 0 spiro atoms. The minimum absolute atomic E-state index is 0.417. The molecule has 3 aromatic rings. The lowest BCUT2D eigenvalue weighted by Gasteiger charge is -2.36. The number of hydrogen-bond donors (Lipinski definition) is 1. The van der Waals surface area contributed by atoms with Gasteiger partial charge in [0.1, 0.15) is 17.2 Å². The highest BCUT2D eigenvalue weighted by Crippen LogP contribution is 2.30. The monoisotopic (exact) mass is 370 g/mol. The molecule has 0 radical (unpaired) electrons. The maximum Gasteiger partial charge on any atom is 0.318 e. The summed E-state index contributed by atoms with van der Waals surface area (Å²) < 4.78 is 16.2. The van der Waals surface area contributed by atoms with Crippen LogP contribution in [0.25, 0.3) is 11.3 Å². The fourth-order valence-corrected chi connectivity index (χ4v) is 3.34. The molecule has 1 saturated heterocycles. The Labute approximate surface area is 156 Å². The average Bonchev–Trinajstić information content (AvgIpc) is 3.31. The molecule has 3 heterocycles. The molecule has 27 heavy (non-hydrogen) atoms. The third-order valence-corrected chi connectivity index (χ3v) is 4.91. The van der Waals surface area contributed by atoms with E-state index in [9.17, 15) is 5.11 Å².